The largest absolute Gasteiger partial charge is 0.519 e. The third kappa shape index (κ3) is 14.9. The monoisotopic (exact) mass is 806 g/mol. The Bertz CT molecular complexity index is 1270. The molecule has 53 heavy (non-hydrogen) atoms. The Balaban J connectivity index is 0.000000406. The van der Waals surface area contributed by atoms with Crippen LogP contribution in [0, 0.1) is 0 Å². The Hall–Kier alpha value is -2.54. The van der Waals surface area contributed by atoms with Gasteiger partial charge in [-0.1, -0.05) is 23.5 Å². The van der Waals surface area contributed by atoms with E-state index in [1.54, 1.807) is 69.4 Å². The highest BCUT2D eigenvalue weighted by molar-refractivity contribution is 8.14. The second-order valence-corrected chi connectivity index (χ2v) is 17.0. The van der Waals surface area contributed by atoms with E-state index < -0.39 is 89.9 Å². The first-order valence-corrected chi connectivity index (χ1v) is 18.1. The molecular formula is C31H55FN4O15S2. The van der Waals surface area contributed by atoms with E-state index >= 15 is 0 Å². The minimum absolute atomic E-state index is 0. The van der Waals surface area contributed by atoms with Crippen molar-refractivity contribution < 1.29 is 78.1 Å². The maximum atomic E-state index is 12.0. The normalized spacial score (nSPS) is 31.3. The van der Waals surface area contributed by atoms with Gasteiger partial charge in [-0.05, 0) is 62.3 Å². The number of halogens is 1. The molecule has 0 saturated carbocycles. The van der Waals surface area contributed by atoms with Crippen LogP contribution in [-0.4, -0.2) is 168 Å². The SMILES string of the molecule is CC(C)(C)OC(=O)OC(=O)OC(C)(C)C.CN(C(=O)OC(C)(C)C)C1=N[C@@H]2[C@@H](O)[C@H](O)C(CO)O[C@@H]2S1.CN=C1N[C@@H]2[C@@H](O)[C@H](O)C(CO)O[C@@H]2S1.F. The summed E-state index contributed by atoms with van der Waals surface area (Å²) < 4.78 is 30.0. The van der Waals surface area contributed by atoms with Gasteiger partial charge in [0.1, 0.15) is 70.3 Å². The number of rotatable bonds is 2. The van der Waals surface area contributed by atoms with Gasteiger partial charge in [0.15, 0.2) is 10.3 Å². The molecule has 0 aromatic rings. The molecule has 4 aliphatic rings. The number of amides is 1. The molecule has 2 unspecified atom stereocenters. The van der Waals surface area contributed by atoms with Crippen molar-refractivity contribution >= 4 is 52.3 Å². The number of hydrogen-bond donors (Lipinski definition) is 7. The van der Waals surface area contributed by atoms with E-state index in [-0.39, 0.29) is 22.8 Å². The standard InChI is InChI=1S/C13H22N2O6S.C10H18O5.C8H14N2O4S.FH/c1-13(2,3)21-12(19)15(4)11-14-7-9(18)8(17)6(5-16)20-10(7)22-11;1-9(2,3)14-7(11)13-8(12)15-10(4,5)6;1-9-8-10-4-6(13)5(12)3(2-11)14-7(4)15-8;/h6-10,16-18H,5H2,1-4H3;1-6H3;3-7,11-13H,2H2,1H3,(H,9,10);1H/t6?,7-,8-,9-,10-;;3?,4-,5-,6-,7-;/m1.1./s1. The van der Waals surface area contributed by atoms with Gasteiger partial charge in [-0.3, -0.25) is 19.6 Å². The maximum Gasteiger partial charge on any atom is 0.519 e. The minimum atomic E-state index is -1.22. The van der Waals surface area contributed by atoms with Gasteiger partial charge >= 0.3 is 18.4 Å². The highest BCUT2D eigenvalue weighted by Gasteiger charge is 2.50. The Morgan fingerprint density at radius 1 is 0.774 bits per heavy atom. The lowest BCUT2D eigenvalue weighted by molar-refractivity contribution is -0.167. The topological polar surface area (TPSA) is 268 Å². The molecule has 0 aromatic heterocycles. The van der Waals surface area contributed by atoms with Crippen LogP contribution in [0.2, 0.25) is 0 Å². The number of ether oxygens (including phenoxy) is 6. The third-order valence-corrected chi connectivity index (χ3v) is 9.20. The summed E-state index contributed by atoms with van der Waals surface area (Å²) in [6.07, 6.45) is -8.68. The third-order valence-electron chi connectivity index (χ3n) is 6.83. The van der Waals surface area contributed by atoms with E-state index in [9.17, 15) is 34.8 Å². The van der Waals surface area contributed by atoms with Gasteiger partial charge in [-0.15, -0.1) is 0 Å². The fourth-order valence-electron chi connectivity index (χ4n) is 4.49. The number of aliphatic hydroxyl groups is 6. The number of carbonyl (C=O) groups excluding carboxylic acids is 3. The number of nitrogens with zero attached hydrogens (tertiary/aromatic N) is 3. The number of hydrogen-bond acceptors (Lipinski definition) is 19. The van der Waals surface area contributed by atoms with Gasteiger partial charge < -0.3 is 64.4 Å². The molecule has 3 saturated heterocycles. The van der Waals surface area contributed by atoms with Crippen LogP contribution in [0.3, 0.4) is 0 Å². The summed E-state index contributed by atoms with van der Waals surface area (Å²) in [6.45, 7) is 14.6. The highest BCUT2D eigenvalue weighted by atomic mass is 32.2. The van der Waals surface area contributed by atoms with Crippen molar-refractivity contribution in [2.75, 3.05) is 27.3 Å². The molecule has 0 bridgehead atoms. The van der Waals surface area contributed by atoms with Gasteiger partial charge in [0.2, 0.25) is 0 Å². The number of fused-ring (bicyclic) bond motifs is 2. The van der Waals surface area contributed by atoms with E-state index in [0.717, 1.165) is 11.8 Å². The lowest BCUT2D eigenvalue weighted by atomic mass is 9.98. The molecule has 22 heteroatoms. The molecule has 308 valence electrons. The number of nitrogens with one attached hydrogen (secondary N) is 1. The molecule has 0 spiro atoms. The Labute approximate surface area is 316 Å². The Morgan fingerprint density at radius 3 is 1.66 bits per heavy atom. The molecule has 0 aliphatic carbocycles. The summed E-state index contributed by atoms with van der Waals surface area (Å²) in [6, 6.07) is -1.06. The summed E-state index contributed by atoms with van der Waals surface area (Å²) in [7, 11) is 3.16. The van der Waals surface area contributed by atoms with E-state index in [0.29, 0.717) is 10.3 Å². The summed E-state index contributed by atoms with van der Waals surface area (Å²) in [5.74, 6) is 0. The molecule has 10 atom stereocenters. The second kappa shape index (κ2) is 19.9. The van der Waals surface area contributed by atoms with Gasteiger partial charge in [0.05, 0.1) is 19.3 Å². The number of aliphatic hydroxyl groups excluding tert-OH is 6. The van der Waals surface area contributed by atoms with Crippen molar-refractivity contribution in [2.24, 2.45) is 9.98 Å². The predicted molar refractivity (Wildman–Crippen MR) is 192 cm³/mol. The van der Waals surface area contributed by atoms with Crippen LogP contribution in [0.5, 0.6) is 0 Å². The van der Waals surface area contributed by atoms with Crippen molar-refractivity contribution in [2.45, 2.75) is 139 Å². The molecule has 0 aromatic carbocycles. The minimum Gasteiger partial charge on any atom is -0.443 e. The average Bonchev–Trinajstić information content (AvgIpc) is 3.62. The zero-order valence-corrected chi connectivity index (χ0v) is 33.2. The van der Waals surface area contributed by atoms with Gasteiger partial charge in [-0.25, -0.2) is 14.4 Å². The van der Waals surface area contributed by atoms with Crippen LogP contribution >= 0.6 is 23.5 Å². The van der Waals surface area contributed by atoms with Crippen LogP contribution in [0.4, 0.5) is 19.1 Å². The molecule has 0 radical (unpaired) electrons. The average molecular weight is 807 g/mol. The van der Waals surface area contributed by atoms with Gasteiger partial charge in [0, 0.05) is 14.1 Å². The van der Waals surface area contributed by atoms with Crippen LogP contribution in [0.15, 0.2) is 9.98 Å². The highest BCUT2D eigenvalue weighted by Crippen LogP contribution is 2.37. The summed E-state index contributed by atoms with van der Waals surface area (Å²) in [4.78, 5) is 43.5. The van der Waals surface area contributed by atoms with Crippen LogP contribution in [-0.2, 0) is 28.4 Å². The van der Waals surface area contributed by atoms with E-state index in [4.69, 9.17) is 33.9 Å². The Kier molecular flexibility index (Phi) is 18.2. The van der Waals surface area contributed by atoms with Gasteiger partial charge in [-0.2, -0.15) is 0 Å². The molecular weight excluding hydrogens is 751 g/mol. The number of aliphatic imine (C=N–C) groups is 2. The van der Waals surface area contributed by atoms with E-state index in [1.807, 2.05) is 0 Å². The fourth-order valence-corrected chi connectivity index (χ4v) is 6.77. The van der Waals surface area contributed by atoms with Crippen LogP contribution in [0.25, 0.3) is 0 Å². The zero-order valence-electron chi connectivity index (χ0n) is 31.6. The maximum absolute atomic E-state index is 12.0. The molecule has 1 amide bonds. The predicted octanol–water partition coefficient (Wildman–Crippen LogP) is 0.906. The van der Waals surface area contributed by atoms with Crippen molar-refractivity contribution in [3.63, 3.8) is 0 Å². The summed E-state index contributed by atoms with van der Waals surface area (Å²) >= 11 is 2.51. The molecule has 4 rings (SSSR count). The zero-order chi connectivity index (χ0) is 39.9. The van der Waals surface area contributed by atoms with Crippen molar-refractivity contribution in [3.8, 4) is 0 Å². The van der Waals surface area contributed by atoms with Gasteiger partial charge in [0.25, 0.3) is 0 Å². The number of amidine groups is 2. The van der Waals surface area contributed by atoms with Crippen molar-refractivity contribution in [3.05, 3.63) is 0 Å². The molecule has 3 fully saturated rings. The lowest BCUT2D eigenvalue weighted by Gasteiger charge is -2.38. The number of carbonyl (C=O) groups is 3. The summed E-state index contributed by atoms with van der Waals surface area (Å²) in [5.41, 5.74) is -2.89. The van der Waals surface area contributed by atoms with Crippen molar-refractivity contribution in [1.29, 1.82) is 0 Å². The first-order chi connectivity index (χ1) is 23.8. The Morgan fingerprint density at radius 2 is 1.23 bits per heavy atom. The summed E-state index contributed by atoms with van der Waals surface area (Å²) in [5, 5.41) is 61.5. The first kappa shape index (κ1) is 48.5. The lowest BCUT2D eigenvalue weighted by Crippen LogP contribution is -2.59. The number of thioether (sulfide) groups is 2. The quantitative estimate of drug-likeness (QED) is 0.116. The molecule has 4 heterocycles. The fraction of sp³-hybridized carbons (Fsp3) is 0.839. The van der Waals surface area contributed by atoms with Crippen LogP contribution < -0.4 is 5.32 Å². The smallest absolute Gasteiger partial charge is 0.443 e. The molecule has 4 aliphatic heterocycles. The van der Waals surface area contributed by atoms with E-state index in [1.165, 1.54) is 23.7 Å². The van der Waals surface area contributed by atoms with E-state index in [2.05, 4.69) is 20.0 Å². The van der Waals surface area contributed by atoms with Crippen LogP contribution in [0.1, 0.15) is 62.3 Å². The molecule has 7 N–H and O–H groups in total. The van der Waals surface area contributed by atoms with Crippen molar-refractivity contribution in [1.82, 2.24) is 10.2 Å². The molecule has 19 nitrogen and oxygen atoms in total. The first-order valence-electron chi connectivity index (χ1n) is 16.3. The second-order valence-electron chi connectivity index (χ2n) is 14.8.